The molecule has 1 aliphatic carbocycles. The number of nitrogens with zero attached hydrogens (tertiary/aromatic N) is 5. The zero-order valence-electron chi connectivity index (χ0n) is 19.5. The molecular weight excluding hydrogens is 452 g/mol. The minimum absolute atomic E-state index is 0.0685. The van der Waals surface area contributed by atoms with Gasteiger partial charge in [-0.3, -0.25) is 14.2 Å². The molecule has 2 aliphatic heterocycles. The molecule has 1 amide bonds. The molecule has 2 aromatic heterocycles. The molecular formula is C26H29F2N5O2. The van der Waals surface area contributed by atoms with E-state index in [-0.39, 0.29) is 36.7 Å². The molecule has 184 valence electrons. The van der Waals surface area contributed by atoms with Crippen LogP contribution in [-0.2, 0) is 5.60 Å². The third kappa shape index (κ3) is 3.67. The van der Waals surface area contributed by atoms with Gasteiger partial charge in [0, 0.05) is 43.9 Å². The summed E-state index contributed by atoms with van der Waals surface area (Å²) in [5.74, 6) is -2.48. The van der Waals surface area contributed by atoms with E-state index in [9.17, 15) is 18.7 Å². The van der Waals surface area contributed by atoms with Crippen molar-refractivity contribution >= 4 is 17.2 Å². The number of benzene rings is 1. The Labute approximate surface area is 202 Å². The van der Waals surface area contributed by atoms with Crippen LogP contribution in [0.1, 0.15) is 54.7 Å². The number of carbonyl (C=O) groups is 1. The van der Waals surface area contributed by atoms with Gasteiger partial charge < -0.3 is 14.9 Å². The maximum Gasteiger partial charge on any atom is 0.290 e. The van der Waals surface area contributed by atoms with Crippen LogP contribution in [0, 0.1) is 5.92 Å². The van der Waals surface area contributed by atoms with Crippen molar-refractivity contribution in [3.05, 3.63) is 60.3 Å². The standard InChI is InChI=1S/C26H29F2N5O2/c27-25(28)10-13-31(17-25)22-21-16-29-12-15-32(21)23(30-22)24(34)33-14-11-26(35,18-6-2-1-3-7-18)19-8-4-5-9-20(19)33/h1-3,6-7,12,15-16,19-20,35H,4-5,8-11,13-14,17H2/t19-,20+,26?/m0/s1. The largest absolute Gasteiger partial charge is 0.385 e. The van der Waals surface area contributed by atoms with E-state index in [2.05, 4.69) is 9.97 Å². The minimum atomic E-state index is -2.77. The Morgan fingerprint density at radius 2 is 1.89 bits per heavy atom. The molecule has 1 unspecified atom stereocenters. The van der Waals surface area contributed by atoms with Gasteiger partial charge in [-0.1, -0.05) is 43.2 Å². The number of likely N-dealkylation sites (tertiary alicyclic amines) is 1. The zero-order valence-corrected chi connectivity index (χ0v) is 19.5. The number of amides is 1. The Hall–Kier alpha value is -3.07. The molecule has 0 spiro atoms. The SMILES string of the molecule is O=C(c1nc(N2CCC(F)(F)C2)c2cnccn12)N1CCC(O)(c2ccccc2)[C@H]2CCCC[C@H]21. The summed E-state index contributed by atoms with van der Waals surface area (Å²) in [6.07, 6.45) is 8.70. The lowest BCUT2D eigenvalue weighted by atomic mass is 9.66. The molecule has 3 fully saturated rings. The lowest BCUT2D eigenvalue weighted by molar-refractivity contribution is -0.110. The van der Waals surface area contributed by atoms with Crippen molar-refractivity contribution in [1.29, 1.82) is 0 Å². The normalized spacial score (nSPS) is 28.3. The van der Waals surface area contributed by atoms with E-state index < -0.39 is 18.1 Å². The summed E-state index contributed by atoms with van der Waals surface area (Å²) < 4.78 is 29.6. The number of hydrogen-bond donors (Lipinski definition) is 1. The fourth-order valence-corrected chi connectivity index (χ4v) is 6.37. The molecule has 1 aromatic carbocycles. The summed E-state index contributed by atoms with van der Waals surface area (Å²) in [6, 6.07) is 9.65. The topological polar surface area (TPSA) is 74.0 Å². The predicted octanol–water partition coefficient (Wildman–Crippen LogP) is 3.87. The highest BCUT2D eigenvalue weighted by molar-refractivity contribution is 5.94. The Kier molecular flexibility index (Phi) is 5.28. The first-order valence-electron chi connectivity index (χ1n) is 12.4. The minimum Gasteiger partial charge on any atom is -0.385 e. The van der Waals surface area contributed by atoms with Crippen LogP contribution < -0.4 is 4.90 Å². The van der Waals surface area contributed by atoms with Crippen molar-refractivity contribution in [1.82, 2.24) is 19.3 Å². The Bertz CT molecular complexity index is 1250. The smallest absolute Gasteiger partial charge is 0.290 e. The van der Waals surface area contributed by atoms with Gasteiger partial charge in [-0.15, -0.1) is 0 Å². The van der Waals surface area contributed by atoms with Crippen LogP contribution in [0.4, 0.5) is 14.6 Å². The third-order valence-corrected chi connectivity index (χ3v) is 8.10. The molecule has 3 atom stereocenters. The van der Waals surface area contributed by atoms with Crippen molar-refractivity contribution in [2.75, 3.05) is 24.5 Å². The van der Waals surface area contributed by atoms with Crippen molar-refractivity contribution < 1.29 is 18.7 Å². The first-order valence-corrected chi connectivity index (χ1v) is 12.4. The van der Waals surface area contributed by atoms with Gasteiger partial charge in [-0.05, 0) is 24.8 Å². The third-order valence-electron chi connectivity index (χ3n) is 8.10. The molecule has 1 N–H and O–H groups in total. The van der Waals surface area contributed by atoms with E-state index in [4.69, 9.17) is 0 Å². The number of alkyl halides is 2. The molecule has 1 saturated carbocycles. The molecule has 3 aliphatic rings. The average molecular weight is 482 g/mol. The number of aliphatic hydroxyl groups is 1. The monoisotopic (exact) mass is 481 g/mol. The van der Waals surface area contributed by atoms with Gasteiger partial charge in [0.15, 0.2) is 5.82 Å². The number of imidazole rings is 1. The highest BCUT2D eigenvalue weighted by atomic mass is 19.3. The lowest BCUT2D eigenvalue weighted by Gasteiger charge is -2.52. The van der Waals surface area contributed by atoms with Gasteiger partial charge >= 0.3 is 0 Å². The summed E-state index contributed by atoms with van der Waals surface area (Å²) in [5.41, 5.74) is 0.471. The van der Waals surface area contributed by atoms with E-state index in [0.29, 0.717) is 24.3 Å². The van der Waals surface area contributed by atoms with Crippen LogP contribution in [0.5, 0.6) is 0 Å². The highest BCUT2D eigenvalue weighted by Crippen LogP contribution is 2.47. The first-order chi connectivity index (χ1) is 16.9. The van der Waals surface area contributed by atoms with E-state index >= 15 is 0 Å². The number of halogens is 2. The molecule has 9 heteroatoms. The van der Waals surface area contributed by atoms with Gasteiger partial charge in [-0.2, -0.15) is 0 Å². The van der Waals surface area contributed by atoms with Crippen LogP contribution in [0.3, 0.4) is 0 Å². The van der Waals surface area contributed by atoms with Crippen LogP contribution in [-0.4, -0.2) is 61.9 Å². The summed E-state index contributed by atoms with van der Waals surface area (Å²) >= 11 is 0. The van der Waals surface area contributed by atoms with Crippen LogP contribution in [0.15, 0.2) is 48.9 Å². The molecule has 6 rings (SSSR count). The fourth-order valence-electron chi connectivity index (χ4n) is 6.37. The Balaban J connectivity index is 1.35. The summed E-state index contributed by atoms with van der Waals surface area (Å²) in [5, 5.41) is 11.8. The van der Waals surface area contributed by atoms with E-state index in [0.717, 1.165) is 31.2 Å². The van der Waals surface area contributed by atoms with Crippen molar-refractivity contribution in [3.63, 3.8) is 0 Å². The molecule has 2 saturated heterocycles. The number of carbonyl (C=O) groups excluding carboxylic acids is 1. The second kappa shape index (κ2) is 8.26. The summed E-state index contributed by atoms with van der Waals surface area (Å²) in [6.45, 7) is 0.171. The van der Waals surface area contributed by atoms with E-state index in [1.54, 1.807) is 27.9 Å². The maximum absolute atomic E-state index is 13.9. The Morgan fingerprint density at radius 1 is 1.09 bits per heavy atom. The van der Waals surface area contributed by atoms with Crippen molar-refractivity contribution in [2.45, 2.75) is 56.1 Å². The van der Waals surface area contributed by atoms with Crippen LogP contribution in [0.25, 0.3) is 5.52 Å². The number of aromatic nitrogens is 3. The van der Waals surface area contributed by atoms with Gasteiger partial charge in [0.1, 0.15) is 5.52 Å². The van der Waals surface area contributed by atoms with Gasteiger partial charge in [0.25, 0.3) is 11.8 Å². The fraction of sp³-hybridized carbons (Fsp3) is 0.500. The van der Waals surface area contributed by atoms with Crippen LogP contribution >= 0.6 is 0 Å². The zero-order chi connectivity index (χ0) is 24.2. The Morgan fingerprint density at radius 3 is 2.66 bits per heavy atom. The van der Waals surface area contributed by atoms with E-state index in [1.165, 1.54) is 0 Å². The molecule has 0 bridgehead atoms. The van der Waals surface area contributed by atoms with Gasteiger partial charge in [-0.25, -0.2) is 13.8 Å². The predicted molar refractivity (Wildman–Crippen MR) is 127 cm³/mol. The quantitative estimate of drug-likeness (QED) is 0.615. The number of fused-ring (bicyclic) bond motifs is 2. The molecule has 35 heavy (non-hydrogen) atoms. The highest BCUT2D eigenvalue weighted by Gasteiger charge is 2.51. The lowest BCUT2D eigenvalue weighted by Crippen LogP contribution is -2.59. The van der Waals surface area contributed by atoms with Gasteiger partial charge in [0.2, 0.25) is 5.82 Å². The molecule has 0 radical (unpaired) electrons. The summed E-state index contributed by atoms with van der Waals surface area (Å²) in [4.78, 5) is 26.1. The second-order valence-corrected chi connectivity index (χ2v) is 10.1. The van der Waals surface area contributed by atoms with Crippen molar-refractivity contribution in [2.24, 2.45) is 5.92 Å². The first kappa shape index (κ1) is 22.4. The molecule has 3 aromatic rings. The number of anilines is 1. The van der Waals surface area contributed by atoms with Gasteiger partial charge in [0.05, 0.1) is 18.3 Å². The number of hydrogen-bond acceptors (Lipinski definition) is 5. The molecule has 4 heterocycles. The number of rotatable bonds is 3. The molecule has 7 nitrogen and oxygen atoms in total. The maximum atomic E-state index is 13.9. The second-order valence-electron chi connectivity index (χ2n) is 10.1. The average Bonchev–Trinajstić information content (AvgIpc) is 3.44. The van der Waals surface area contributed by atoms with E-state index in [1.807, 2.05) is 35.2 Å². The van der Waals surface area contributed by atoms with Crippen LogP contribution in [0.2, 0.25) is 0 Å². The number of piperidine rings is 1. The summed E-state index contributed by atoms with van der Waals surface area (Å²) in [7, 11) is 0. The van der Waals surface area contributed by atoms with Crippen molar-refractivity contribution in [3.8, 4) is 0 Å².